The van der Waals surface area contributed by atoms with Crippen LogP contribution in [0.2, 0.25) is 0 Å². The third-order valence-corrected chi connectivity index (χ3v) is 3.68. The first-order valence-corrected chi connectivity index (χ1v) is 7.61. The Morgan fingerprint density at radius 2 is 2.15 bits per heavy atom. The summed E-state index contributed by atoms with van der Waals surface area (Å²) in [5.74, 6) is 2.03. The molecule has 0 radical (unpaired) electrons. The SMILES string of the molecule is CCCC(CC)n1c(CCCl)nc2c(OC)ncnc21. The molecule has 0 aliphatic heterocycles. The second-order valence-corrected chi connectivity index (χ2v) is 5.12. The standard InChI is InChI=1S/C14H21ClN4O/c1-4-6-10(5-2)19-11(7-8-15)18-12-13(19)16-9-17-14(12)20-3/h9-10H,4-8H2,1-3H3. The molecule has 2 aromatic heterocycles. The van der Waals surface area contributed by atoms with Crippen LogP contribution in [0, 0.1) is 0 Å². The predicted octanol–water partition coefficient (Wildman–Crippen LogP) is 3.37. The zero-order chi connectivity index (χ0) is 14.5. The molecule has 1 atom stereocenters. The summed E-state index contributed by atoms with van der Waals surface area (Å²) in [5.41, 5.74) is 1.57. The number of hydrogen-bond acceptors (Lipinski definition) is 4. The average molecular weight is 297 g/mol. The van der Waals surface area contributed by atoms with Gasteiger partial charge in [0.1, 0.15) is 12.2 Å². The van der Waals surface area contributed by atoms with Crippen molar-refractivity contribution in [3.05, 3.63) is 12.2 Å². The number of aromatic nitrogens is 4. The van der Waals surface area contributed by atoms with Crippen LogP contribution in [-0.2, 0) is 6.42 Å². The van der Waals surface area contributed by atoms with Gasteiger partial charge < -0.3 is 9.30 Å². The van der Waals surface area contributed by atoms with Gasteiger partial charge in [-0.05, 0) is 12.8 Å². The maximum atomic E-state index is 5.91. The van der Waals surface area contributed by atoms with E-state index in [0.29, 0.717) is 17.8 Å². The molecule has 1 unspecified atom stereocenters. The number of fused-ring (bicyclic) bond motifs is 1. The van der Waals surface area contributed by atoms with Crippen molar-refractivity contribution in [1.29, 1.82) is 0 Å². The summed E-state index contributed by atoms with van der Waals surface area (Å²) in [5, 5.41) is 0. The summed E-state index contributed by atoms with van der Waals surface area (Å²) in [4.78, 5) is 13.2. The first-order chi connectivity index (χ1) is 9.76. The fraction of sp³-hybridized carbons (Fsp3) is 0.643. The fourth-order valence-electron chi connectivity index (χ4n) is 2.58. The molecule has 0 saturated carbocycles. The Morgan fingerprint density at radius 1 is 1.35 bits per heavy atom. The highest BCUT2D eigenvalue weighted by molar-refractivity contribution is 6.17. The fourth-order valence-corrected chi connectivity index (χ4v) is 2.75. The highest BCUT2D eigenvalue weighted by Gasteiger charge is 2.20. The molecule has 0 bridgehead atoms. The number of ether oxygens (including phenoxy) is 1. The van der Waals surface area contributed by atoms with Gasteiger partial charge >= 0.3 is 0 Å². The molecule has 2 aromatic rings. The van der Waals surface area contributed by atoms with Crippen molar-refractivity contribution in [1.82, 2.24) is 19.5 Å². The van der Waals surface area contributed by atoms with Gasteiger partial charge in [-0.25, -0.2) is 9.97 Å². The quantitative estimate of drug-likeness (QED) is 0.735. The van der Waals surface area contributed by atoms with Crippen molar-refractivity contribution in [2.45, 2.75) is 45.6 Å². The van der Waals surface area contributed by atoms with Gasteiger partial charge in [-0.15, -0.1) is 11.6 Å². The lowest BCUT2D eigenvalue weighted by atomic mass is 10.1. The molecular weight excluding hydrogens is 276 g/mol. The van der Waals surface area contributed by atoms with E-state index >= 15 is 0 Å². The maximum absolute atomic E-state index is 5.91. The third-order valence-electron chi connectivity index (χ3n) is 3.49. The van der Waals surface area contributed by atoms with E-state index in [9.17, 15) is 0 Å². The van der Waals surface area contributed by atoms with Crippen molar-refractivity contribution in [3.8, 4) is 5.88 Å². The highest BCUT2D eigenvalue weighted by Crippen LogP contribution is 2.28. The van der Waals surface area contributed by atoms with Crippen LogP contribution in [0.4, 0.5) is 0 Å². The van der Waals surface area contributed by atoms with Crippen molar-refractivity contribution in [3.63, 3.8) is 0 Å². The van der Waals surface area contributed by atoms with E-state index in [4.69, 9.17) is 16.3 Å². The van der Waals surface area contributed by atoms with Crippen LogP contribution < -0.4 is 4.74 Å². The molecule has 2 heterocycles. The second kappa shape index (κ2) is 6.88. The minimum absolute atomic E-state index is 0.392. The Bertz CT molecular complexity index is 570. The minimum atomic E-state index is 0.392. The topological polar surface area (TPSA) is 52.8 Å². The molecule has 0 saturated heterocycles. The molecule has 0 spiro atoms. The van der Waals surface area contributed by atoms with Crippen LogP contribution in [0.5, 0.6) is 5.88 Å². The molecule has 5 nitrogen and oxygen atoms in total. The van der Waals surface area contributed by atoms with Gasteiger partial charge in [0.2, 0.25) is 5.88 Å². The molecule has 0 aliphatic rings. The lowest BCUT2D eigenvalue weighted by Crippen LogP contribution is -2.13. The van der Waals surface area contributed by atoms with Crippen molar-refractivity contribution in [2.24, 2.45) is 0 Å². The number of imidazole rings is 1. The number of rotatable bonds is 7. The number of aryl methyl sites for hydroxylation is 1. The zero-order valence-corrected chi connectivity index (χ0v) is 13.0. The summed E-state index contributed by atoms with van der Waals surface area (Å²) >= 11 is 5.91. The molecule has 0 amide bonds. The second-order valence-electron chi connectivity index (χ2n) is 4.74. The van der Waals surface area contributed by atoms with E-state index in [1.54, 1.807) is 7.11 Å². The molecule has 20 heavy (non-hydrogen) atoms. The van der Waals surface area contributed by atoms with Crippen molar-refractivity contribution in [2.75, 3.05) is 13.0 Å². The van der Waals surface area contributed by atoms with Crippen molar-refractivity contribution >= 4 is 22.8 Å². The largest absolute Gasteiger partial charge is 0.479 e. The Hall–Kier alpha value is -1.36. The van der Waals surface area contributed by atoms with Crippen LogP contribution in [0.15, 0.2) is 6.33 Å². The average Bonchev–Trinajstić information content (AvgIpc) is 2.83. The van der Waals surface area contributed by atoms with Gasteiger partial charge in [0.15, 0.2) is 11.2 Å². The van der Waals surface area contributed by atoms with E-state index in [-0.39, 0.29) is 0 Å². The molecule has 0 fully saturated rings. The van der Waals surface area contributed by atoms with E-state index in [0.717, 1.165) is 42.7 Å². The maximum Gasteiger partial charge on any atom is 0.245 e. The number of methoxy groups -OCH3 is 1. The Labute approximate surface area is 124 Å². The summed E-state index contributed by atoms with van der Waals surface area (Å²) in [6.07, 6.45) is 5.52. The minimum Gasteiger partial charge on any atom is -0.479 e. The highest BCUT2D eigenvalue weighted by atomic mass is 35.5. The molecule has 0 aromatic carbocycles. The molecule has 110 valence electrons. The van der Waals surface area contributed by atoms with Gasteiger partial charge in [0.05, 0.1) is 7.11 Å². The lowest BCUT2D eigenvalue weighted by molar-refractivity contribution is 0.401. The Balaban J connectivity index is 2.61. The lowest BCUT2D eigenvalue weighted by Gasteiger charge is -2.19. The number of hydrogen-bond donors (Lipinski definition) is 0. The van der Waals surface area contributed by atoms with Crippen molar-refractivity contribution < 1.29 is 4.74 Å². The molecule has 0 aliphatic carbocycles. The zero-order valence-electron chi connectivity index (χ0n) is 12.3. The predicted molar refractivity (Wildman–Crippen MR) is 80.5 cm³/mol. The van der Waals surface area contributed by atoms with Crippen LogP contribution in [-0.4, -0.2) is 32.5 Å². The van der Waals surface area contributed by atoms with E-state index < -0.39 is 0 Å². The third kappa shape index (κ3) is 2.73. The number of alkyl halides is 1. The summed E-state index contributed by atoms with van der Waals surface area (Å²) in [7, 11) is 1.60. The van der Waals surface area contributed by atoms with Gasteiger partial charge in [-0.2, -0.15) is 4.98 Å². The van der Waals surface area contributed by atoms with Gasteiger partial charge in [-0.3, -0.25) is 0 Å². The van der Waals surface area contributed by atoms with Crippen LogP contribution in [0.25, 0.3) is 11.2 Å². The normalized spacial score (nSPS) is 12.8. The number of nitrogens with zero attached hydrogens (tertiary/aromatic N) is 4. The summed E-state index contributed by atoms with van der Waals surface area (Å²) in [6, 6.07) is 0.392. The van der Waals surface area contributed by atoms with Crippen LogP contribution in [0.3, 0.4) is 0 Å². The van der Waals surface area contributed by atoms with Gasteiger partial charge in [0.25, 0.3) is 0 Å². The first kappa shape index (κ1) is 15.0. The van der Waals surface area contributed by atoms with Crippen LogP contribution in [0.1, 0.15) is 45.0 Å². The molecule has 6 heteroatoms. The van der Waals surface area contributed by atoms with Gasteiger partial charge in [0, 0.05) is 18.3 Å². The Morgan fingerprint density at radius 3 is 2.75 bits per heavy atom. The summed E-state index contributed by atoms with van der Waals surface area (Å²) < 4.78 is 7.50. The van der Waals surface area contributed by atoms with E-state index in [2.05, 4.69) is 33.4 Å². The van der Waals surface area contributed by atoms with E-state index in [1.807, 2.05) is 0 Å². The smallest absolute Gasteiger partial charge is 0.245 e. The summed E-state index contributed by atoms with van der Waals surface area (Å²) in [6.45, 7) is 4.38. The van der Waals surface area contributed by atoms with Crippen LogP contribution >= 0.6 is 11.6 Å². The van der Waals surface area contributed by atoms with E-state index in [1.165, 1.54) is 6.33 Å². The first-order valence-electron chi connectivity index (χ1n) is 7.08. The monoisotopic (exact) mass is 296 g/mol. The molecular formula is C14H21ClN4O. The Kier molecular flexibility index (Phi) is 5.17. The molecule has 2 rings (SSSR count). The number of halogens is 1. The molecule has 0 N–H and O–H groups in total. The van der Waals surface area contributed by atoms with Gasteiger partial charge in [-0.1, -0.05) is 20.3 Å².